The molecule has 0 amide bonds. The minimum atomic E-state index is -3.19. The van der Waals surface area contributed by atoms with Crippen molar-refractivity contribution in [3.05, 3.63) is 64.7 Å². The zero-order valence-electron chi connectivity index (χ0n) is 18.5. The first-order valence-corrected chi connectivity index (χ1v) is 11.9. The van der Waals surface area contributed by atoms with Crippen LogP contribution in [0.25, 0.3) is 0 Å². The third-order valence-electron chi connectivity index (χ3n) is 4.90. The van der Waals surface area contributed by atoms with E-state index < -0.39 is 9.84 Å². The molecule has 0 aliphatic heterocycles. The molecule has 0 heterocycles. The lowest BCUT2D eigenvalue weighted by Crippen LogP contribution is -2.37. The summed E-state index contributed by atoms with van der Waals surface area (Å²) in [6, 6.07) is 14.3. The van der Waals surface area contributed by atoms with Crippen molar-refractivity contribution in [1.82, 2.24) is 10.6 Å². The summed E-state index contributed by atoms with van der Waals surface area (Å²) in [6.07, 6.45) is 3.27. The molecule has 0 aliphatic rings. The first kappa shape index (κ1) is 26.4. The van der Waals surface area contributed by atoms with Crippen LogP contribution in [0, 0.1) is 6.92 Å². The van der Waals surface area contributed by atoms with Crippen LogP contribution in [0.5, 0.6) is 0 Å². The van der Waals surface area contributed by atoms with Gasteiger partial charge < -0.3 is 10.6 Å². The van der Waals surface area contributed by atoms with Crippen molar-refractivity contribution in [1.29, 1.82) is 0 Å². The first-order valence-electron chi connectivity index (χ1n) is 10.0. The van der Waals surface area contributed by atoms with Crippen molar-refractivity contribution in [2.75, 3.05) is 19.8 Å². The Morgan fingerprint density at radius 1 is 1.03 bits per heavy atom. The Morgan fingerprint density at radius 2 is 1.67 bits per heavy atom. The van der Waals surface area contributed by atoms with Crippen LogP contribution >= 0.6 is 24.0 Å². The Bertz CT molecular complexity index is 939. The normalized spacial score (nSPS) is 11.9. The second kappa shape index (κ2) is 12.3. The lowest BCUT2D eigenvalue weighted by atomic mass is 10.0. The summed E-state index contributed by atoms with van der Waals surface area (Å²) >= 11 is 0. The van der Waals surface area contributed by atoms with Gasteiger partial charge in [-0.25, -0.2) is 8.42 Å². The first-order chi connectivity index (χ1) is 13.7. The number of halogens is 1. The minimum absolute atomic E-state index is 0. The third-order valence-corrected chi connectivity index (χ3v) is 6.16. The highest BCUT2D eigenvalue weighted by atomic mass is 127. The van der Waals surface area contributed by atoms with Gasteiger partial charge in [-0.2, -0.15) is 0 Å². The fourth-order valence-corrected chi connectivity index (χ4v) is 4.17. The number of aliphatic imine (C=N–C) groups is 1. The number of hydrogen-bond donors (Lipinski definition) is 2. The monoisotopic (exact) mass is 543 g/mol. The van der Waals surface area contributed by atoms with Crippen molar-refractivity contribution in [3.8, 4) is 0 Å². The van der Waals surface area contributed by atoms with Crippen LogP contribution in [0.1, 0.15) is 48.4 Å². The van der Waals surface area contributed by atoms with Crippen molar-refractivity contribution in [3.63, 3.8) is 0 Å². The molecule has 5 nitrogen and oxygen atoms in total. The standard InChI is InChI=1S/C23H33N3O2S.HI/c1-17(2)21-11-8-19(9-12-21)7-6-14-25-23(24-4)26-16-20-10-13-22(18(3)15-20)29(5,27)28;/h8-13,15,17H,6-7,14,16H2,1-5H3,(H2,24,25,26);1H. The molecule has 0 aliphatic carbocycles. The fourth-order valence-electron chi connectivity index (χ4n) is 3.21. The van der Waals surface area contributed by atoms with E-state index in [1.807, 2.05) is 19.1 Å². The zero-order chi connectivity index (χ0) is 21.4. The largest absolute Gasteiger partial charge is 0.356 e. The summed E-state index contributed by atoms with van der Waals surface area (Å²) in [5.74, 6) is 1.30. The average molecular weight is 544 g/mol. The molecule has 2 aromatic carbocycles. The van der Waals surface area contributed by atoms with Gasteiger partial charge in [-0.15, -0.1) is 24.0 Å². The number of aryl methyl sites for hydroxylation is 2. The molecule has 0 unspecified atom stereocenters. The highest BCUT2D eigenvalue weighted by Crippen LogP contribution is 2.17. The quantitative estimate of drug-likeness (QED) is 0.224. The van der Waals surface area contributed by atoms with Crippen LogP contribution < -0.4 is 10.6 Å². The Kier molecular flexibility index (Phi) is 10.8. The highest BCUT2D eigenvalue weighted by Gasteiger charge is 2.11. The van der Waals surface area contributed by atoms with Gasteiger partial charge in [-0.3, -0.25) is 4.99 Å². The van der Waals surface area contributed by atoms with Crippen LogP contribution in [0.3, 0.4) is 0 Å². The maximum Gasteiger partial charge on any atom is 0.191 e. The Labute approximate surface area is 198 Å². The van der Waals surface area contributed by atoms with Crippen molar-refractivity contribution < 1.29 is 8.42 Å². The summed E-state index contributed by atoms with van der Waals surface area (Å²) in [4.78, 5) is 4.64. The lowest BCUT2D eigenvalue weighted by molar-refractivity contribution is 0.601. The van der Waals surface area contributed by atoms with Gasteiger partial charge in [0, 0.05) is 26.4 Å². The number of nitrogens with one attached hydrogen (secondary N) is 2. The van der Waals surface area contributed by atoms with Crippen LogP contribution in [-0.2, 0) is 22.8 Å². The predicted octanol–water partition coefficient (Wildman–Crippen LogP) is 4.44. The molecular formula is C23H34IN3O2S. The summed E-state index contributed by atoms with van der Waals surface area (Å²) in [7, 11) is -1.44. The summed E-state index contributed by atoms with van der Waals surface area (Å²) in [5, 5.41) is 6.61. The molecule has 0 spiro atoms. The van der Waals surface area contributed by atoms with E-state index >= 15 is 0 Å². The molecule has 0 bridgehead atoms. The third kappa shape index (κ3) is 8.26. The second-order valence-electron chi connectivity index (χ2n) is 7.72. The Hall–Kier alpha value is -1.61. The molecule has 2 aromatic rings. The van der Waals surface area contributed by atoms with E-state index in [1.165, 1.54) is 17.4 Å². The maximum atomic E-state index is 11.7. The predicted molar refractivity (Wildman–Crippen MR) is 137 cm³/mol. The molecule has 2 N–H and O–H groups in total. The van der Waals surface area contributed by atoms with Crippen molar-refractivity contribution in [2.24, 2.45) is 4.99 Å². The molecule has 0 fully saturated rings. The van der Waals surface area contributed by atoms with Gasteiger partial charge in [0.1, 0.15) is 0 Å². The summed E-state index contributed by atoms with van der Waals surface area (Å²) in [5.41, 5.74) is 4.50. The number of sulfone groups is 1. The van der Waals surface area contributed by atoms with Gasteiger partial charge in [0.25, 0.3) is 0 Å². The molecule has 0 aromatic heterocycles. The Morgan fingerprint density at radius 3 is 2.20 bits per heavy atom. The van der Waals surface area contributed by atoms with E-state index in [2.05, 4.69) is 53.7 Å². The van der Waals surface area contributed by atoms with Gasteiger partial charge >= 0.3 is 0 Å². The molecule has 7 heteroatoms. The van der Waals surface area contributed by atoms with E-state index in [0.29, 0.717) is 17.4 Å². The molecule has 2 rings (SSSR count). The molecule has 30 heavy (non-hydrogen) atoms. The number of benzene rings is 2. The average Bonchev–Trinajstić information content (AvgIpc) is 2.66. The minimum Gasteiger partial charge on any atom is -0.356 e. The number of rotatable bonds is 8. The Balaban J connectivity index is 0.00000450. The van der Waals surface area contributed by atoms with E-state index in [0.717, 1.165) is 36.5 Å². The number of nitrogens with zero attached hydrogens (tertiary/aromatic N) is 1. The SMILES string of the molecule is CN=C(NCCCc1ccc(C(C)C)cc1)NCc1ccc(S(C)(=O)=O)c(C)c1.I. The molecule has 0 saturated heterocycles. The number of hydrogen-bond acceptors (Lipinski definition) is 3. The summed E-state index contributed by atoms with van der Waals surface area (Å²) in [6.45, 7) is 7.65. The van der Waals surface area contributed by atoms with Crippen LogP contribution in [0.4, 0.5) is 0 Å². The lowest BCUT2D eigenvalue weighted by Gasteiger charge is -2.13. The van der Waals surface area contributed by atoms with E-state index in [4.69, 9.17) is 0 Å². The second-order valence-corrected chi connectivity index (χ2v) is 9.71. The topological polar surface area (TPSA) is 70.6 Å². The maximum absolute atomic E-state index is 11.7. The van der Waals surface area contributed by atoms with E-state index in [1.54, 1.807) is 13.1 Å². The van der Waals surface area contributed by atoms with Crippen LogP contribution in [0.2, 0.25) is 0 Å². The summed E-state index contributed by atoms with van der Waals surface area (Å²) < 4.78 is 23.5. The van der Waals surface area contributed by atoms with Gasteiger partial charge in [0.2, 0.25) is 0 Å². The van der Waals surface area contributed by atoms with E-state index in [-0.39, 0.29) is 24.0 Å². The molecule has 0 radical (unpaired) electrons. The van der Waals surface area contributed by atoms with Gasteiger partial charge in [0.15, 0.2) is 15.8 Å². The van der Waals surface area contributed by atoms with Crippen molar-refractivity contribution in [2.45, 2.75) is 51.0 Å². The van der Waals surface area contributed by atoms with Crippen LogP contribution in [-0.4, -0.2) is 34.2 Å². The highest BCUT2D eigenvalue weighted by molar-refractivity contribution is 14.0. The molecule has 166 valence electrons. The number of guanidine groups is 1. The van der Waals surface area contributed by atoms with Crippen LogP contribution in [0.15, 0.2) is 52.4 Å². The zero-order valence-corrected chi connectivity index (χ0v) is 21.7. The molecule has 0 saturated carbocycles. The molecule has 0 atom stereocenters. The van der Waals surface area contributed by atoms with Gasteiger partial charge in [-0.05, 0) is 54.0 Å². The smallest absolute Gasteiger partial charge is 0.191 e. The van der Waals surface area contributed by atoms with Gasteiger partial charge in [0.05, 0.1) is 4.90 Å². The van der Waals surface area contributed by atoms with Crippen molar-refractivity contribution >= 4 is 39.8 Å². The van der Waals surface area contributed by atoms with Gasteiger partial charge in [-0.1, -0.05) is 50.2 Å². The fraction of sp³-hybridized carbons (Fsp3) is 0.435. The van der Waals surface area contributed by atoms with E-state index in [9.17, 15) is 8.42 Å². The molecular weight excluding hydrogens is 509 g/mol.